The molecule has 0 amide bonds. The van der Waals surface area contributed by atoms with Crippen molar-refractivity contribution in [3.63, 3.8) is 0 Å². The van der Waals surface area contributed by atoms with E-state index in [0.29, 0.717) is 12.0 Å². The molecule has 0 aliphatic heterocycles. The first-order valence-corrected chi connectivity index (χ1v) is 13.0. The number of ether oxygens (including phenoxy) is 4. The van der Waals surface area contributed by atoms with Gasteiger partial charge in [0, 0.05) is 12.8 Å². The molecule has 0 saturated heterocycles. The molecule has 0 aliphatic carbocycles. The monoisotopic (exact) mass is 535 g/mol. The summed E-state index contributed by atoms with van der Waals surface area (Å²) in [5, 5.41) is 0. The second-order valence-corrected chi connectivity index (χ2v) is 12.3. The minimum absolute atomic E-state index is 0.000589. The Morgan fingerprint density at radius 3 is 1.89 bits per heavy atom. The zero-order valence-electron chi connectivity index (χ0n) is 24.4. The van der Waals surface area contributed by atoms with Crippen molar-refractivity contribution in [2.45, 2.75) is 93.0 Å². The summed E-state index contributed by atoms with van der Waals surface area (Å²) in [7, 11) is 1.23. The summed E-state index contributed by atoms with van der Waals surface area (Å²) in [6.45, 7) is 15.0. The Hall–Kier alpha value is -2.94. The Labute approximate surface area is 226 Å². The molecule has 9 heteroatoms. The van der Waals surface area contributed by atoms with E-state index in [1.807, 2.05) is 48.5 Å². The molecule has 0 saturated carbocycles. The van der Waals surface area contributed by atoms with Crippen molar-refractivity contribution in [2.24, 2.45) is 22.5 Å². The normalized spacial score (nSPS) is 14.2. The van der Waals surface area contributed by atoms with Gasteiger partial charge in [-0.3, -0.25) is 19.2 Å². The van der Waals surface area contributed by atoms with Crippen LogP contribution >= 0.6 is 0 Å². The molecule has 38 heavy (non-hydrogen) atoms. The molecular weight excluding hydrogens is 490 g/mol. The molecule has 0 heterocycles. The van der Waals surface area contributed by atoms with E-state index in [9.17, 15) is 19.2 Å². The lowest BCUT2D eigenvalue weighted by Gasteiger charge is -2.27. The molecule has 0 radical (unpaired) electrons. The molecule has 214 valence electrons. The molecule has 2 atom stereocenters. The predicted octanol–water partition coefficient (Wildman–Crippen LogP) is 4.76. The summed E-state index contributed by atoms with van der Waals surface area (Å²) >= 11 is 0. The zero-order chi connectivity index (χ0) is 29.3. The van der Waals surface area contributed by atoms with Crippen LogP contribution in [0, 0.1) is 16.7 Å². The van der Waals surface area contributed by atoms with Gasteiger partial charge in [0.25, 0.3) is 0 Å². The minimum Gasteiger partial charge on any atom is -0.468 e. The summed E-state index contributed by atoms with van der Waals surface area (Å²) in [6.07, 6.45) is 0.946. The van der Waals surface area contributed by atoms with Gasteiger partial charge < -0.3 is 24.7 Å². The van der Waals surface area contributed by atoms with Crippen molar-refractivity contribution in [3.8, 4) is 11.5 Å². The average molecular weight is 536 g/mol. The van der Waals surface area contributed by atoms with Crippen LogP contribution in [0.5, 0.6) is 11.5 Å². The fourth-order valence-electron chi connectivity index (χ4n) is 3.48. The molecule has 0 fully saturated rings. The summed E-state index contributed by atoms with van der Waals surface area (Å²) in [4.78, 5) is 49.8. The third kappa shape index (κ3) is 11.6. The molecule has 0 aliphatic rings. The van der Waals surface area contributed by atoms with Gasteiger partial charge in [-0.1, -0.05) is 61.5 Å². The number of benzene rings is 1. The lowest BCUT2D eigenvalue weighted by molar-refractivity contribution is -0.153. The smallest absolute Gasteiger partial charge is 0.326 e. The second-order valence-electron chi connectivity index (χ2n) is 12.3. The first kappa shape index (κ1) is 33.1. The highest BCUT2D eigenvalue weighted by molar-refractivity contribution is 5.81. The van der Waals surface area contributed by atoms with E-state index in [4.69, 9.17) is 24.7 Å². The predicted molar refractivity (Wildman–Crippen MR) is 144 cm³/mol. The lowest BCUT2D eigenvalue weighted by Crippen LogP contribution is -2.51. The maximum atomic E-state index is 12.6. The van der Waals surface area contributed by atoms with Crippen LogP contribution in [0.15, 0.2) is 18.2 Å². The fraction of sp³-hybridized carbons (Fsp3) is 0.655. The topological polar surface area (TPSA) is 131 Å². The quantitative estimate of drug-likeness (QED) is 0.297. The molecule has 1 rings (SSSR count). The number of hydrogen-bond donors (Lipinski definition) is 1. The van der Waals surface area contributed by atoms with E-state index < -0.39 is 23.4 Å². The van der Waals surface area contributed by atoms with Crippen LogP contribution < -0.4 is 15.2 Å². The van der Waals surface area contributed by atoms with Gasteiger partial charge in [0.1, 0.15) is 5.54 Å². The first-order chi connectivity index (χ1) is 17.4. The highest BCUT2D eigenvalue weighted by Gasteiger charge is 2.36. The molecule has 0 bridgehead atoms. The molecule has 1 aromatic rings. The van der Waals surface area contributed by atoms with Gasteiger partial charge in [-0.15, -0.1) is 0 Å². The number of methoxy groups -OCH3 is 1. The third-order valence-corrected chi connectivity index (χ3v) is 5.72. The van der Waals surface area contributed by atoms with E-state index in [2.05, 4.69) is 0 Å². The molecule has 0 aromatic heterocycles. The van der Waals surface area contributed by atoms with E-state index in [1.165, 1.54) is 19.2 Å². The Bertz CT molecular complexity index is 989. The van der Waals surface area contributed by atoms with E-state index in [-0.39, 0.29) is 66.5 Å². The number of rotatable bonds is 12. The van der Waals surface area contributed by atoms with Crippen LogP contribution in [0.25, 0.3) is 0 Å². The van der Waals surface area contributed by atoms with Gasteiger partial charge >= 0.3 is 23.9 Å². The lowest BCUT2D eigenvalue weighted by atomic mass is 9.88. The zero-order valence-corrected chi connectivity index (χ0v) is 24.4. The van der Waals surface area contributed by atoms with Crippen molar-refractivity contribution in [3.05, 3.63) is 23.8 Å². The maximum absolute atomic E-state index is 12.6. The Balaban J connectivity index is 3.24. The van der Waals surface area contributed by atoms with Crippen molar-refractivity contribution in [1.82, 2.24) is 0 Å². The largest absolute Gasteiger partial charge is 0.468 e. The van der Waals surface area contributed by atoms with Gasteiger partial charge in [-0.25, -0.2) is 0 Å². The Kier molecular flexibility index (Phi) is 12.0. The highest BCUT2D eigenvalue weighted by Crippen LogP contribution is 2.33. The van der Waals surface area contributed by atoms with E-state index in [0.717, 1.165) is 0 Å². The summed E-state index contributed by atoms with van der Waals surface area (Å²) in [5.74, 6) is -2.13. The SMILES string of the molecule is CC[C@H](C)C(=O)OCCC(N)(Cc1ccc(OC(=O)CC(C)(C)C)c(OC(=O)CC(C)(C)C)c1)C(=O)OC. The second kappa shape index (κ2) is 13.7. The number of carbonyl (C=O) groups is 4. The molecule has 9 nitrogen and oxygen atoms in total. The molecule has 1 aromatic carbocycles. The van der Waals surface area contributed by atoms with Crippen molar-refractivity contribution in [1.29, 1.82) is 0 Å². The molecular formula is C29H45NO8. The fourth-order valence-corrected chi connectivity index (χ4v) is 3.48. The first-order valence-electron chi connectivity index (χ1n) is 13.0. The van der Waals surface area contributed by atoms with Gasteiger partial charge in [-0.05, 0) is 34.9 Å². The maximum Gasteiger partial charge on any atom is 0.326 e. The number of nitrogens with two attached hydrogens (primary N) is 1. The third-order valence-electron chi connectivity index (χ3n) is 5.72. The van der Waals surface area contributed by atoms with Gasteiger partial charge in [0.15, 0.2) is 11.5 Å². The standard InChI is InChI=1S/C29H45NO8/c1-10-19(2)25(33)36-14-13-29(30,26(34)35-9)16-20-11-12-21(37-23(31)17-27(3,4)5)22(15-20)38-24(32)18-28(6,7)8/h11-12,15,19H,10,13-14,16-18,30H2,1-9H3/t19-,29?/m0/s1. The number of esters is 4. The van der Waals surface area contributed by atoms with Crippen LogP contribution in [-0.4, -0.2) is 43.1 Å². The van der Waals surface area contributed by atoms with Crippen molar-refractivity contribution < 1.29 is 38.1 Å². The van der Waals surface area contributed by atoms with Gasteiger partial charge in [-0.2, -0.15) is 0 Å². The van der Waals surface area contributed by atoms with E-state index in [1.54, 1.807) is 13.0 Å². The Morgan fingerprint density at radius 2 is 1.42 bits per heavy atom. The van der Waals surface area contributed by atoms with Crippen LogP contribution in [0.4, 0.5) is 0 Å². The van der Waals surface area contributed by atoms with E-state index >= 15 is 0 Å². The van der Waals surface area contributed by atoms with Crippen LogP contribution in [0.2, 0.25) is 0 Å². The summed E-state index contributed by atoms with van der Waals surface area (Å²) in [6, 6.07) is 4.67. The molecule has 1 unspecified atom stereocenters. The molecule has 0 spiro atoms. The number of carbonyl (C=O) groups excluding carboxylic acids is 4. The van der Waals surface area contributed by atoms with Crippen molar-refractivity contribution >= 4 is 23.9 Å². The van der Waals surface area contributed by atoms with Crippen LogP contribution in [-0.2, 0) is 35.1 Å². The Morgan fingerprint density at radius 1 is 0.895 bits per heavy atom. The van der Waals surface area contributed by atoms with Crippen molar-refractivity contribution in [2.75, 3.05) is 13.7 Å². The van der Waals surface area contributed by atoms with Crippen LogP contribution in [0.1, 0.15) is 86.6 Å². The van der Waals surface area contributed by atoms with Gasteiger partial charge in [0.05, 0.1) is 32.5 Å². The summed E-state index contributed by atoms with van der Waals surface area (Å²) < 4.78 is 21.4. The van der Waals surface area contributed by atoms with Crippen LogP contribution in [0.3, 0.4) is 0 Å². The molecule has 2 N–H and O–H groups in total. The van der Waals surface area contributed by atoms with Gasteiger partial charge in [0.2, 0.25) is 0 Å². The highest BCUT2D eigenvalue weighted by atomic mass is 16.6. The minimum atomic E-state index is -1.51. The average Bonchev–Trinajstić information content (AvgIpc) is 2.76. The number of hydrogen-bond acceptors (Lipinski definition) is 9. The summed E-state index contributed by atoms with van der Waals surface area (Å²) in [5.41, 5.74) is 4.86.